The largest absolute Gasteiger partial charge is 0.409 e. The van der Waals surface area contributed by atoms with Gasteiger partial charge in [-0.2, -0.15) is 0 Å². The van der Waals surface area contributed by atoms with Crippen molar-refractivity contribution in [2.75, 3.05) is 13.6 Å². The van der Waals surface area contributed by atoms with Gasteiger partial charge in [0.2, 0.25) is 0 Å². The van der Waals surface area contributed by atoms with Crippen molar-refractivity contribution >= 4 is 5.84 Å². The normalized spacial score (nSPS) is 15.3. The number of amidine groups is 1. The van der Waals surface area contributed by atoms with Gasteiger partial charge in [-0.3, -0.25) is 4.90 Å². The molecule has 0 atom stereocenters. The lowest BCUT2D eigenvalue weighted by Gasteiger charge is -2.16. The molecule has 17 heavy (non-hydrogen) atoms. The molecule has 3 N–H and O–H groups in total. The average Bonchev–Trinajstić information content (AvgIpc) is 2.75. The van der Waals surface area contributed by atoms with Gasteiger partial charge < -0.3 is 10.9 Å². The molecule has 0 radical (unpaired) electrons. The molecule has 1 aromatic rings. The van der Waals surface area contributed by atoms with Crippen molar-refractivity contribution in [1.82, 2.24) is 4.90 Å². The number of benzene rings is 1. The lowest BCUT2D eigenvalue weighted by atomic mass is 10.1. The Kier molecular flexibility index (Phi) is 3.64. The van der Waals surface area contributed by atoms with E-state index in [0.717, 1.165) is 6.54 Å². The average molecular weight is 233 g/mol. The van der Waals surface area contributed by atoms with Gasteiger partial charge in [0.05, 0.1) is 6.54 Å². The Morgan fingerprint density at radius 2 is 2.18 bits per heavy atom. The Balaban J connectivity index is 1.99. The SMILES string of the molecule is CN(CC(N)=NO)Cc1ccc2c(c1)CCC2. The summed E-state index contributed by atoms with van der Waals surface area (Å²) in [7, 11) is 1.96. The van der Waals surface area contributed by atoms with Gasteiger partial charge in [-0.1, -0.05) is 23.4 Å². The van der Waals surface area contributed by atoms with Crippen LogP contribution in [0.3, 0.4) is 0 Å². The van der Waals surface area contributed by atoms with E-state index in [9.17, 15) is 0 Å². The molecule has 0 unspecified atom stereocenters. The highest BCUT2D eigenvalue weighted by Crippen LogP contribution is 2.23. The molecule has 0 saturated heterocycles. The zero-order valence-corrected chi connectivity index (χ0v) is 10.2. The van der Waals surface area contributed by atoms with Crippen LogP contribution in [0.25, 0.3) is 0 Å². The Labute approximate surface area is 102 Å². The monoisotopic (exact) mass is 233 g/mol. The first-order valence-corrected chi connectivity index (χ1v) is 5.94. The van der Waals surface area contributed by atoms with Gasteiger partial charge in [-0.15, -0.1) is 0 Å². The van der Waals surface area contributed by atoms with Crippen LogP contribution in [0.4, 0.5) is 0 Å². The van der Waals surface area contributed by atoms with Gasteiger partial charge in [0.15, 0.2) is 5.84 Å². The molecule has 0 bridgehead atoms. The highest BCUT2D eigenvalue weighted by Gasteiger charge is 2.11. The van der Waals surface area contributed by atoms with Crippen molar-refractivity contribution in [3.63, 3.8) is 0 Å². The summed E-state index contributed by atoms with van der Waals surface area (Å²) in [6, 6.07) is 6.69. The molecule has 0 aromatic heterocycles. The number of oxime groups is 1. The number of hydrogen-bond acceptors (Lipinski definition) is 3. The summed E-state index contributed by atoms with van der Waals surface area (Å²) in [5.74, 6) is 0.244. The maximum Gasteiger partial charge on any atom is 0.153 e. The summed E-state index contributed by atoms with van der Waals surface area (Å²) in [6.45, 7) is 1.30. The van der Waals surface area contributed by atoms with E-state index in [2.05, 4.69) is 23.4 Å². The molecule has 4 heteroatoms. The molecule has 0 saturated carbocycles. The number of nitrogens with two attached hydrogens (primary N) is 1. The van der Waals surface area contributed by atoms with E-state index < -0.39 is 0 Å². The quantitative estimate of drug-likeness (QED) is 0.357. The van der Waals surface area contributed by atoms with Crippen molar-refractivity contribution in [2.45, 2.75) is 25.8 Å². The third-order valence-corrected chi connectivity index (χ3v) is 3.18. The second-order valence-electron chi connectivity index (χ2n) is 4.72. The molecular formula is C13H19N3O. The predicted molar refractivity (Wildman–Crippen MR) is 68.2 cm³/mol. The topological polar surface area (TPSA) is 61.8 Å². The number of hydrogen-bond donors (Lipinski definition) is 2. The van der Waals surface area contributed by atoms with E-state index in [-0.39, 0.29) is 5.84 Å². The van der Waals surface area contributed by atoms with E-state index in [1.54, 1.807) is 0 Å². The first-order valence-electron chi connectivity index (χ1n) is 5.94. The first kappa shape index (κ1) is 11.9. The lowest BCUT2D eigenvalue weighted by Crippen LogP contribution is -2.30. The fourth-order valence-corrected chi connectivity index (χ4v) is 2.40. The summed E-state index contributed by atoms with van der Waals surface area (Å²) in [6.07, 6.45) is 3.70. The minimum absolute atomic E-state index is 0.244. The minimum Gasteiger partial charge on any atom is -0.409 e. The molecule has 0 fully saturated rings. The molecule has 0 amide bonds. The van der Waals surface area contributed by atoms with Crippen molar-refractivity contribution in [1.29, 1.82) is 0 Å². The molecule has 0 spiro atoms. The van der Waals surface area contributed by atoms with E-state index in [1.807, 2.05) is 11.9 Å². The number of rotatable bonds is 4. The molecule has 1 aliphatic carbocycles. The predicted octanol–water partition coefficient (Wildman–Crippen LogP) is 1.35. The van der Waals surface area contributed by atoms with E-state index in [0.29, 0.717) is 6.54 Å². The van der Waals surface area contributed by atoms with Crippen LogP contribution < -0.4 is 5.73 Å². The number of aryl methyl sites for hydroxylation is 2. The van der Waals surface area contributed by atoms with Gasteiger partial charge >= 0.3 is 0 Å². The molecule has 0 aliphatic heterocycles. The highest BCUT2D eigenvalue weighted by molar-refractivity contribution is 5.81. The highest BCUT2D eigenvalue weighted by atomic mass is 16.4. The summed E-state index contributed by atoms with van der Waals surface area (Å²) in [5.41, 5.74) is 9.75. The molecule has 4 nitrogen and oxygen atoms in total. The van der Waals surface area contributed by atoms with E-state index in [1.165, 1.54) is 36.0 Å². The van der Waals surface area contributed by atoms with Gasteiger partial charge in [0.1, 0.15) is 0 Å². The lowest BCUT2D eigenvalue weighted by molar-refractivity contribution is 0.308. The standard InChI is InChI=1S/C13H19N3O/c1-16(9-13(14)15-17)8-10-5-6-11-3-2-4-12(11)7-10/h5-7,17H,2-4,8-9H2,1H3,(H2,14,15). The van der Waals surface area contributed by atoms with Crippen LogP contribution in [0.5, 0.6) is 0 Å². The fraction of sp³-hybridized carbons (Fsp3) is 0.462. The van der Waals surface area contributed by atoms with Crippen LogP contribution in [0.2, 0.25) is 0 Å². The maximum absolute atomic E-state index is 8.51. The van der Waals surface area contributed by atoms with Gasteiger partial charge in [-0.05, 0) is 43.0 Å². The molecular weight excluding hydrogens is 214 g/mol. The Hall–Kier alpha value is -1.55. The summed E-state index contributed by atoms with van der Waals surface area (Å²) < 4.78 is 0. The minimum atomic E-state index is 0.244. The second kappa shape index (κ2) is 5.19. The molecule has 0 heterocycles. The number of likely N-dealkylation sites (N-methyl/N-ethyl adjacent to an activating group) is 1. The number of nitrogens with zero attached hydrogens (tertiary/aromatic N) is 2. The van der Waals surface area contributed by atoms with Gasteiger partial charge in [0, 0.05) is 6.54 Å². The van der Waals surface area contributed by atoms with Crippen LogP contribution >= 0.6 is 0 Å². The first-order chi connectivity index (χ1) is 8.19. The second-order valence-corrected chi connectivity index (χ2v) is 4.72. The smallest absolute Gasteiger partial charge is 0.153 e. The van der Waals surface area contributed by atoms with E-state index >= 15 is 0 Å². The Morgan fingerprint density at radius 1 is 1.41 bits per heavy atom. The van der Waals surface area contributed by atoms with Crippen LogP contribution in [-0.2, 0) is 19.4 Å². The van der Waals surface area contributed by atoms with Gasteiger partial charge in [0.25, 0.3) is 0 Å². The Morgan fingerprint density at radius 3 is 2.94 bits per heavy atom. The zero-order valence-electron chi connectivity index (χ0n) is 10.2. The third-order valence-electron chi connectivity index (χ3n) is 3.18. The molecule has 1 aliphatic rings. The summed E-state index contributed by atoms with van der Waals surface area (Å²) in [5, 5.41) is 11.5. The van der Waals surface area contributed by atoms with E-state index in [4.69, 9.17) is 10.9 Å². The summed E-state index contributed by atoms with van der Waals surface area (Å²) in [4.78, 5) is 2.03. The van der Waals surface area contributed by atoms with Gasteiger partial charge in [-0.25, -0.2) is 0 Å². The molecule has 1 aromatic carbocycles. The molecule has 92 valence electrons. The third kappa shape index (κ3) is 2.97. The van der Waals surface area contributed by atoms with Crippen LogP contribution in [0, 0.1) is 0 Å². The van der Waals surface area contributed by atoms with Crippen molar-refractivity contribution in [3.8, 4) is 0 Å². The maximum atomic E-state index is 8.51. The van der Waals surface area contributed by atoms with Crippen molar-refractivity contribution < 1.29 is 5.21 Å². The van der Waals surface area contributed by atoms with Crippen LogP contribution in [0.15, 0.2) is 23.4 Å². The fourth-order valence-electron chi connectivity index (χ4n) is 2.40. The number of fused-ring (bicyclic) bond motifs is 1. The zero-order chi connectivity index (χ0) is 12.3. The molecule has 2 rings (SSSR count). The van der Waals surface area contributed by atoms with Crippen LogP contribution in [-0.4, -0.2) is 29.5 Å². The van der Waals surface area contributed by atoms with Crippen molar-refractivity contribution in [3.05, 3.63) is 34.9 Å². The summed E-state index contributed by atoms with van der Waals surface area (Å²) >= 11 is 0. The van der Waals surface area contributed by atoms with Crippen LogP contribution in [0.1, 0.15) is 23.1 Å². The Bertz CT molecular complexity index is 429. The van der Waals surface area contributed by atoms with Crippen molar-refractivity contribution in [2.24, 2.45) is 10.9 Å².